The topological polar surface area (TPSA) is 79.0 Å². The van der Waals surface area contributed by atoms with E-state index in [0.717, 1.165) is 22.9 Å². The molecular formula is C15H18N2O3S. The molecule has 5 nitrogen and oxygen atoms in total. The normalized spacial score (nSPS) is 21.2. The summed E-state index contributed by atoms with van der Waals surface area (Å²) in [7, 11) is -3.00. The van der Waals surface area contributed by atoms with Crippen LogP contribution in [0.1, 0.15) is 18.4 Å². The van der Waals surface area contributed by atoms with Crippen molar-refractivity contribution in [3.05, 3.63) is 36.0 Å². The molecular weight excluding hydrogens is 288 g/mol. The molecule has 2 aromatic rings. The molecule has 1 unspecified atom stereocenters. The van der Waals surface area contributed by atoms with Gasteiger partial charge >= 0.3 is 0 Å². The van der Waals surface area contributed by atoms with Gasteiger partial charge in [0.25, 0.3) is 0 Å². The summed E-state index contributed by atoms with van der Waals surface area (Å²) in [6.45, 7) is 0. The van der Waals surface area contributed by atoms with E-state index in [-0.39, 0.29) is 29.9 Å². The van der Waals surface area contributed by atoms with E-state index in [2.05, 4.69) is 10.3 Å². The van der Waals surface area contributed by atoms with Crippen LogP contribution in [-0.4, -0.2) is 36.9 Å². The number of hydrogen-bond acceptors (Lipinski definition) is 3. The molecule has 1 aliphatic rings. The van der Waals surface area contributed by atoms with Gasteiger partial charge in [-0.25, -0.2) is 8.42 Å². The smallest absolute Gasteiger partial charge is 0.224 e. The van der Waals surface area contributed by atoms with Gasteiger partial charge in [-0.3, -0.25) is 4.79 Å². The van der Waals surface area contributed by atoms with Gasteiger partial charge in [0.2, 0.25) is 5.91 Å². The highest BCUT2D eigenvalue weighted by Gasteiger charge is 2.25. The second kappa shape index (κ2) is 5.52. The van der Waals surface area contributed by atoms with E-state index in [1.54, 1.807) is 0 Å². The van der Waals surface area contributed by atoms with Crippen molar-refractivity contribution in [3.8, 4) is 0 Å². The van der Waals surface area contributed by atoms with Crippen LogP contribution in [0.25, 0.3) is 10.9 Å². The fraction of sp³-hybridized carbons (Fsp3) is 0.400. The number of para-hydroxylation sites is 1. The molecule has 1 fully saturated rings. The summed E-state index contributed by atoms with van der Waals surface area (Å²) in [5.41, 5.74) is 1.93. The fourth-order valence-electron chi connectivity index (χ4n) is 2.87. The van der Waals surface area contributed by atoms with E-state index in [1.165, 1.54) is 0 Å². The summed E-state index contributed by atoms with van der Waals surface area (Å²) >= 11 is 0. The molecule has 0 bridgehead atoms. The summed E-state index contributed by atoms with van der Waals surface area (Å²) in [5.74, 6) is 0.177. The first kappa shape index (κ1) is 14.1. The second-order valence-corrected chi connectivity index (χ2v) is 7.79. The Bertz CT molecular complexity index is 764. The van der Waals surface area contributed by atoms with Crippen LogP contribution in [0.15, 0.2) is 30.5 Å². The number of carbonyl (C=O) groups is 1. The van der Waals surface area contributed by atoms with Crippen LogP contribution >= 0.6 is 0 Å². The van der Waals surface area contributed by atoms with Crippen molar-refractivity contribution in [2.45, 2.75) is 25.3 Å². The number of nitrogens with one attached hydrogen (secondary N) is 2. The highest BCUT2D eigenvalue weighted by Crippen LogP contribution is 2.18. The van der Waals surface area contributed by atoms with E-state index >= 15 is 0 Å². The summed E-state index contributed by atoms with van der Waals surface area (Å²) < 4.78 is 23.2. The predicted molar refractivity (Wildman–Crippen MR) is 81.8 cm³/mol. The molecule has 1 amide bonds. The number of benzene rings is 1. The Morgan fingerprint density at radius 2 is 2.14 bits per heavy atom. The standard InChI is InChI=1S/C15H18N2O3S/c18-15(17-12-4-3-7-21(19,20)10-12)8-11-9-16-14-6-2-1-5-13(11)14/h1-2,5-6,9,12,16H,3-4,7-8,10H2,(H,17,18). The van der Waals surface area contributed by atoms with Crippen molar-refractivity contribution in [1.29, 1.82) is 0 Å². The van der Waals surface area contributed by atoms with Crippen LogP contribution in [0, 0.1) is 0 Å². The van der Waals surface area contributed by atoms with Crippen molar-refractivity contribution >= 4 is 26.6 Å². The first-order chi connectivity index (χ1) is 10.0. The second-order valence-electron chi connectivity index (χ2n) is 5.56. The molecule has 1 aromatic carbocycles. The Hall–Kier alpha value is -1.82. The van der Waals surface area contributed by atoms with Crippen LogP contribution < -0.4 is 5.32 Å². The van der Waals surface area contributed by atoms with E-state index in [9.17, 15) is 13.2 Å². The van der Waals surface area contributed by atoms with Gasteiger partial charge in [0.15, 0.2) is 9.84 Å². The summed E-state index contributed by atoms with van der Waals surface area (Å²) in [4.78, 5) is 15.2. The molecule has 112 valence electrons. The van der Waals surface area contributed by atoms with Crippen LogP contribution in [0.3, 0.4) is 0 Å². The molecule has 1 saturated heterocycles. The van der Waals surface area contributed by atoms with E-state index in [1.807, 2.05) is 30.5 Å². The largest absolute Gasteiger partial charge is 0.361 e. The maximum atomic E-state index is 12.1. The highest BCUT2D eigenvalue weighted by atomic mass is 32.2. The van der Waals surface area contributed by atoms with Gasteiger partial charge in [-0.15, -0.1) is 0 Å². The van der Waals surface area contributed by atoms with Crippen molar-refractivity contribution in [2.24, 2.45) is 0 Å². The van der Waals surface area contributed by atoms with Gasteiger partial charge in [0.1, 0.15) is 0 Å². The first-order valence-corrected chi connectivity index (χ1v) is 8.90. The Labute approximate surface area is 123 Å². The maximum Gasteiger partial charge on any atom is 0.224 e. The first-order valence-electron chi connectivity index (χ1n) is 7.08. The maximum absolute atomic E-state index is 12.1. The minimum absolute atomic E-state index is 0.0621. The summed E-state index contributed by atoms with van der Waals surface area (Å²) in [5, 5.41) is 3.88. The molecule has 1 aliphatic heterocycles. The number of rotatable bonds is 3. The van der Waals surface area contributed by atoms with Crippen molar-refractivity contribution in [1.82, 2.24) is 10.3 Å². The van der Waals surface area contributed by atoms with Gasteiger partial charge in [-0.2, -0.15) is 0 Å². The third kappa shape index (κ3) is 3.26. The fourth-order valence-corrected chi connectivity index (χ4v) is 4.50. The number of hydrogen-bond donors (Lipinski definition) is 2. The molecule has 1 aromatic heterocycles. The minimum Gasteiger partial charge on any atom is -0.361 e. The molecule has 2 heterocycles. The van der Waals surface area contributed by atoms with Crippen molar-refractivity contribution in [3.63, 3.8) is 0 Å². The number of sulfone groups is 1. The Morgan fingerprint density at radius 3 is 2.95 bits per heavy atom. The lowest BCUT2D eigenvalue weighted by Crippen LogP contribution is -2.43. The number of aromatic amines is 1. The Balaban J connectivity index is 1.67. The summed E-state index contributed by atoms with van der Waals surface area (Å²) in [6, 6.07) is 7.56. The SMILES string of the molecule is O=C(Cc1c[nH]c2ccccc12)NC1CCCS(=O)(=O)C1. The van der Waals surface area contributed by atoms with Crippen molar-refractivity contribution < 1.29 is 13.2 Å². The number of fused-ring (bicyclic) bond motifs is 1. The van der Waals surface area contributed by atoms with Crippen molar-refractivity contribution in [2.75, 3.05) is 11.5 Å². The number of carbonyl (C=O) groups excluding carboxylic acids is 1. The molecule has 0 radical (unpaired) electrons. The zero-order chi connectivity index (χ0) is 14.9. The van der Waals surface area contributed by atoms with E-state index in [4.69, 9.17) is 0 Å². The molecule has 3 rings (SSSR count). The zero-order valence-corrected chi connectivity index (χ0v) is 12.4. The molecule has 0 spiro atoms. The van der Waals surface area contributed by atoms with Crippen LogP contribution in [-0.2, 0) is 21.1 Å². The average Bonchev–Trinajstić information content (AvgIpc) is 2.81. The van der Waals surface area contributed by atoms with Gasteiger partial charge in [-0.05, 0) is 24.5 Å². The minimum atomic E-state index is -3.00. The molecule has 6 heteroatoms. The number of H-pyrrole nitrogens is 1. The van der Waals surface area contributed by atoms with Gasteiger partial charge in [0, 0.05) is 23.1 Å². The molecule has 0 aliphatic carbocycles. The quantitative estimate of drug-likeness (QED) is 0.899. The Morgan fingerprint density at radius 1 is 1.33 bits per heavy atom. The van der Waals surface area contributed by atoms with Gasteiger partial charge < -0.3 is 10.3 Å². The van der Waals surface area contributed by atoms with Crippen LogP contribution in [0.5, 0.6) is 0 Å². The monoisotopic (exact) mass is 306 g/mol. The third-order valence-corrected chi connectivity index (χ3v) is 5.68. The third-order valence-electron chi connectivity index (χ3n) is 3.85. The number of amides is 1. The van der Waals surface area contributed by atoms with Crippen LogP contribution in [0.2, 0.25) is 0 Å². The highest BCUT2D eigenvalue weighted by molar-refractivity contribution is 7.91. The van der Waals surface area contributed by atoms with E-state index in [0.29, 0.717) is 6.42 Å². The Kier molecular flexibility index (Phi) is 3.71. The molecule has 0 saturated carbocycles. The molecule has 1 atom stereocenters. The average molecular weight is 306 g/mol. The van der Waals surface area contributed by atoms with E-state index < -0.39 is 9.84 Å². The lowest BCUT2D eigenvalue weighted by atomic mass is 10.1. The van der Waals surface area contributed by atoms with Gasteiger partial charge in [-0.1, -0.05) is 18.2 Å². The number of aromatic nitrogens is 1. The lowest BCUT2D eigenvalue weighted by Gasteiger charge is -2.22. The lowest BCUT2D eigenvalue weighted by molar-refractivity contribution is -0.121. The zero-order valence-electron chi connectivity index (χ0n) is 11.6. The summed E-state index contributed by atoms with van der Waals surface area (Å²) in [6.07, 6.45) is 3.46. The predicted octanol–water partition coefficient (Wildman–Crippen LogP) is 1.40. The van der Waals surface area contributed by atoms with Crippen LogP contribution in [0.4, 0.5) is 0 Å². The molecule has 2 N–H and O–H groups in total. The molecule has 21 heavy (non-hydrogen) atoms. The van der Waals surface area contributed by atoms with Gasteiger partial charge in [0.05, 0.1) is 17.9 Å².